The Hall–Kier alpha value is -0.600. The Morgan fingerprint density at radius 1 is 1.23 bits per heavy atom. The van der Waals surface area contributed by atoms with Crippen molar-refractivity contribution in [1.82, 2.24) is 15.1 Å². The number of likely N-dealkylation sites (tertiary alicyclic amines) is 1. The quantitative estimate of drug-likeness (QED) is 0.278. The molecule has 1 aliphatic carbocycles. The molecular formula is C20H28BrIN4. The molecule has 3 aliphatic rings. The summed E-state index contributed by atoms with van der Waals surface area (Å²) in [5, 5.41) is 3.74. The summed E-state index contributed by atoms with van der Waals surface area (Å²) in [5.41, 5.74) is 1.43. The molecular weight excluding hydrogens is 503 g/mol. The van der Waals surface area contributed by atoms with E-state index in [1.807, 2.05) is 0 Å². The molecule has 2 fully saturated rings. The Balaban J connectivity index is 0.00000196. The lowest BCUT2D eigenvalue weighted by molar-refractivity contribution is 0.259. The molecule has 1 aromatic carbocycles. The molecule has 4 rings (SSSR count). The molecule has 0 spiro atoms. The molecule has 1 N–H and O–H groups in total. The Morgan fingerprint density at radius 3 is 2.65 bits per heavy atom. The standard InChI is InChI=1S/C20H27BrN4.HI/c1-2-22-20(25-12-9-17(14-25)24-10-3-4-11-24)23-19-13-18(19)15-5-7-16(21)8-6-15;/h3-8,17-19H,2,9-14H2,1H3,(H,22,23);1H. The number of rotatable bonds is 4. The van der Waals surface area contributed by atoms with Gasteiger partial charge in [0.1, 0.15) is 0 Å². The van der Waals surface area contributed by atoms with Gasteiger partial charge in [-0.1, -0.05) is 40.2 Å². The van der Waals surface area contributed by atoms with E-state index in [1.54, 1.807) is 0 Å². The fraction of sp³-hybridized carbons (Fsp3) is 0.550. The van der Waals surface area contributed by atoms with Crippen molar-refractivity contribution in [3.05, 3.63) is 46.5 Å². The summed E-state index contributed by atoms with van der Waals surface area (Å²) in [7, 11) is 0. The van der Waals surface area contributed by atoms with Gasteiger partial charge in [-0.25, -0.2) is 0 Å². The van der Waals surface area contributed by atoms with Crippen LogP contribution in [0.4, 0.5) is 0 Å². The van der Waals surface area contributed by atoms with Crippen LogP contribution in [0.3, 0.4) is 0 Å². The molecule has 3 atom stereocenters. The van der Waals surface area contributed by atoms with Crippen LogP contribution < -0.4 is 5.32 Å². The summed E-state index contributed by atoms with van der Waals surface area (Å²) in [6, 6.07) is 9.94. The maximum absolute atomic E-state index is 4.78. The molecule has 0 bridgehead atoms. The Labute approximate surface area is 182 Å². The molecule has 0 aromatic heterocycles. The zero-order chi connectivity index (χ0) is 17.2. The fourth-order valence-corrected chi connectivity index (χ4v) is 4.27. The van der Waals surface area contributed by atoms with E-state index in [4.69, 9.17) is 4.99 Å². The van der Waals surface area contributed by atoms with Crippen LogP contribution in [0.15, 0.2) is 45.9 Å². The SMILES string of the molecule is CCN=C(NC1CC1c1ccc(Br)cc1)N1CCC(N2CC=CC2)C1.I. The van der Waals surface area contributed by atoms with Gasteiger partial charge < -0.3 is 10.2 Å². The van der Waals surface area contributed by atoms with Gasteiger partial charge in [-0.15, -0.1) is 24.0 Å². The molecule has 2 heterocycles. The average molecular weight is 531 g/mol. The number of nitrogens with one attached hydrogen (secondary N) is 1. The van der Waals surface area contributed by atoms with Crippen LogP contribution in [0, 0.1) is 0 Å². The zero-order valence-electron chi connectivity index (χ0n) is 15.3. The fourth-order valence-electron chi connectivity index (χ4n) is 4.01. The zero-order valence-corrected chi connectivity index (χ0v) is 19.2. The van der Waals surface area contributed by atoms with Crippen molar-refractivity contribution in [3.63, 3.8) is 0 Å². The lowest BCUT2D eigenvalue weighted by atomic mass is 10.1. The minimum absolute atomic E-state index is 0. The number of halogens is 2. The van der Waals surface area contributed by atoms with E-state index in [9.17, 15) is 0 Å². The van der Waals surface area contributed by atoms with Crippen LogP contribution in [0.25, 0.3) is 0 Å². The number of hydrogen-bond donors (Lipinski definition) is 1. The third-order valence-electron chi connectivity index (χ3n) is 5.54. The second-order valence-corrected chi connectivity index (χ2v) is 8.17. The second kappa shape index (κ2) is 9.06. The van der Waals surface area contributed by atoms with E-state index in [0.29, 0.717) is 18.0 Å². The van der Waals surface area contributed by atoms with Gasteiger partial charge in [0, 0.05) is 55.2 Å². The van der Waals surface area contributed by atoms with Gasteiger partial charge in [0.15, 0.2) is 5.96 Å². The van der Waals surface area contributed by atoms with E-state index >= 15 is 0 Å². The molecule has 0 amide bonds. The van der Waals surface area contributed by atoms with Crippen LogP contribution in [-0.4, -0.2) is 60.6 Å². The van der Waals surface area contributed by atoms with E-state index in [0.717, 1.165) is 43.2 Å². The predicted octanol–water partition coefficient (Wildman–Crippen LogP) is 3.83. The van der Waals surface area contributed by atoms with Crippen LogP contribution >= 0.6 is 39.9 Å². The monoisotopic (exact) mass is 530 g/mol. The van der Waals surface area contributed by atoms with E-state index in [-0.39, 0.29) is 24.0 Å². The molecule has 142 valence electrons. The Bertz CT molecular complexity index is 652. The first-order valence-electron chi connectivity index (χ1n) is 9.45. The first-order valence-corrected chi connectivity index (χ1v) is 10.2. The topological polar surface area (TPSA) is 30.9 Å². The minimum Gasteiger partial charge on any atom is -0.353 e. The lowest BCUT2D eigenvalue weighted by Crippen LogP contribution is -2.44. The normalized spacial score (nSPS) is 28.3. The third kappa shape index (κ3) is 4.62. The molecule has 6 heteroatoms. The summed E-state index contributed by atoms with van der Waals surface area (Å²) < 4.78 is 1.15. The predicted molar refractivity (Wildman–Crippen MR) is 123 cm³/mol. The molecule has 4 nitrogen and oxygen atoms in total. The van der Waals surface area contributed by atoms with Gasteiger partial charge in [-0.3, -0.25) is 9.89 Å². The van der Waals surface area contributed by atoms with Gasteiger partial charge in [-0.05, 0) is 37.5 Å². The van der Waals surface area contributed by atoms with Crippen LogP contribution in [0.2, 0.25) is 0 Å². The summed E-state index contributed by atoms with van der Waals surface area (Å²) in [6.07, 6.45) is 7.02. The van der Waals surface area contributed by atoms with Crippen molar-refractivity contribution in [2.75, 3.05) is 32.7 Å². The van der Waals surface area contributed by atoms with Gasteiger partial charge >= 0.3 is 0 Å². The summed E-state index contributed by atoms with van der Waals surface area (Å²) in [5.74, 6) is 1.73. The summed E-state index contributed by atoms with van der Waals surface area (Å²) >= 11 is 3.52. The van der Waals surface area contributed by atoms with Gasteiger partial charge in [0.05, 0.1) is 0 Å². The summed E-state index contributed by atoms with van der Waals surface area (Å²) in [4.78, 5) is 9.82. The smallest absolute Gasteiger partial charge is 0.194 e. The molecule has 1 aromatic rings. The number of nitrogens with zero attached hydrogens (tertiary/aromatic N) is 3. The minimum atomic E-state index is 0. The molecule has 0 radical (unpaired) electrons. The molecule has 1 saturated heterocycles. The van der Waals surface area contributed by atoms with Crippen LogP contribution in [-0.2, 0) is 0 Å². The highest BCUT2D eigenvalue weighted by Gasteiger charge is 2.40. The lowest BCUT2D eigenvalue weighted by Gasteiger charge is -2.25. The van der Waals surface area contributed by atoms with Crippen molar-refractivity contribution in [2.24, 2.45) is 4.99 Å². The first kappa shape index (κ1) is 20.1. The largest absolute Gasteiger partial charge is 0.353 e. The summed E-state index contributed by atoms with van der Waals surface area (Å²) in [6.45, 7) is 7.40. The van der Waals surface area contributed by atoms with Crippen molar-refractivity contribution < 1.29 is 0 Å². The second-order valence-electron chi connectivity index (χ2n) is 7.26. The molecule has 1 saturated carbocycles. The maximum atomic E-state index is 4.78. The number of benzene rings is 1. The first-order chi connectivity index (χ1) is 12.2. The van der Waals surface area contributed by atoms with E-state index in [2.05, 4.69) is 74.4 Å². The highest BCUT2D eigenvalue weighted by atomic mass is 127. The third-order valence-corrected chi connectivity index (χ3v) is 6.07. The molecule has 2 aliphatic heterocycles. The molecule has 3 unspecified atom stereocenters. The number of aliphatic imine (C=N–C) groups is 1. The van der Waals surface area contributed by atoms with Gasteiger partial charge in [0.2, 0.25) is 0 Å². The van der Waals surface area contributed by atoms with E-state index < -0.39 is 0 Å². The van der Waals surface area contributed by atoms with Gasteiger partial charge in [0.25, 0.3) is 0 Å². The van der Waals surface area contributed by atoms with Crippen molar-refractivity contribution in [1.29, 1.82) is 0 Å². The van der Waals surface area contributed by atoms with Crippen molar-refractivity contribution in [2.45, 2.75) is 37.8 Å². The molecule has 26 heavy (non-hydrogen) atoms. The Kier molecular flexibility index (Phi) is 7.02. The van der Waals surface area contributed by atoms with Crippen molar-refractivity contribution >= 4 is 45.9 Å². The van der Waals surface area contributed by atoms with E-state index in [1.165, 1.54) is 18.4 Å². The van der Waals surface area contributed by atoms with Crippen LogP contribution in [0.1, 0.15) is 31.2 Å². The van der Waals surface area contributed by atoms with Crippen LogP contribution in [0.5, 0.6) is 0 Å². The average Bonchev–Trinajstić information content (AvgIpc) is 3.05. The number of guanidine groups is 1. The van der Waals surface area contributed by atoms with Gasteiger partial charge in [-0.2, -0.15) is 0 Å². The Morgan fingerprint density at radius 2 is 1.96 bits per heavy atom. The highest BCUT2D eigenvalue weighted by Crippen LogP contribution is 2.41. The highest BCUT2D eigenvalue weighted by molar-refractivity contribution is 14.0. The number of hydrogen-bond acceptors (Lipinski definition) is 2. The maximum Gasteiger partial charge on any atom is 0.194 e. The van der Waals surface area contributed by atoms with Crippen molar-refractivity contribution in [3.8, 4) is 0 Å².